The molecule has 20 heavy (non-hydrogen) atoms. The third-order valence-corrected chi connectivity index (χ3v) is 4.18. The number of benzene rings is 1. The molecule has 4 nitrogen and oxygen atoms in total. The molecular weight excluding hydrogens is 276 g/mol. The number of hydrogen-bond acceptors (Lipinski definition) is 3. The topological polar surface area (TPSA) is 43.8 Å². The molecule has 0 aliphatic carbocycles. The quantitative estimate of drug-likeness (QED) is 0.931. The van der Waals surface area contributed by atoms with Crippen LogP contribution in [0.15, 0.2) is 18.2 Å². The molecule has 0 saturated carbocycles. The Balaban J connectivity index is 2.45. The Hall–Kier alpha value is -1.26. The van der Waals surface area contributed by atoms with Gasteiger partial charge in [0.1, 0.15) is 0 Å². The van der Waals surface area contributed by atoms with Crippen LogP contribution in [0.4, 0.5) is 5.69 Å². The van der Waals surface area contributed by atoms with E-state index in [0.717, 1.165) is 32.5 Å². The minimum Gasteiger partial charge on any atom is -0.478 e. The van der Waals surface area contributed by atoms with Gasteiger partial charge in [0, 0.05) is 19.1 Å². The molecule has 1 fully saturated rings. The second kappa shape index (κ2) is 6.46. The molecule has 1 N–H and O–H groups in total. The van der Waals surface area contributed by atoms with Crippen LogP contribution in [0.1, 0.15) is 30.1 Å². The van der Waals surface area contributed by atoms with Crippen molar-refractivity contribution in [2.75, 3.05) is 31.6 Å². The molecule has 1 saturated heterocycles. The van der Waals surface area contributed by atoms with Gasteiger partial charge in [-0.15, -0.1) is 0 Å². The summed E-state index contributed by atoms with van der Waals surface area (Å²) in [6.07, 6.45) is 1.98. The lowest BCUT2D eigenvalue weighted by molar-refractivity contribution is 0.0697. The lowest BCUT2D eigenvalue weighted by atomic mass is 10.1. The van der Waals surface area contributed by atoms with Crippen molar-refractivity contribution >= 4 is 23.3 Å². The molecule has 0 spiro atoms. The van der Waals surface area contributed by atoms with Crippen molar-refractivity contribution < 1.29 is 9.90 Å². The number of hydrogen-bond donors (Lipinski definition) is 1. The van der Waals surface area contributed by atoms with Gasteiger partial charge in [0.05, 0.1) is 16.3 Å². The number of aromatic carboxylic acids is 1. The zero-order chi connectivity index (χ0) is 14.7. The average molecular weight is 297 g/mol. The molecule has 2 rings (SSSR count). The maximum absolute atomic E-state index is 11.5. The number of halogens is 1. The van der Waals surface area contributed by atoms with Gasteiger partial charge in [-0.3, -0.25) is 0 Å². The molecule has 1 unspecified atom stereocenters. The zero-order valence-electron chi connectivity index (χ0n) is 12.0. The number of rotatable bonds is 3. The van der Waals surface area contributed by atoms with Crippen LogP contribution in [0.25, 0.3) is 0 Å². The van der Waals surface area contributed by atoms with E-state index in [2.05, 4.69) is 23.8 Å². The Morgan fingerprint density at radius 3 is 2.85 bits per heavy atom. The van der Waals surface area contributed by atoms with Gasteiger partial charge in [-0.1, -0.05) is 24.6 Å². The van der Waals surface area contributed by atoms with Crippen LogP contribution in [-0.4, -0.2) is 48.7 Å². The van der Waals surface area contributed by atoms with Gasteiger partial charge in [0.15, 0.2) is 0 Å². The van der Waals surface area contributed by atoms with Gasteiger partial charge < -0.3 is 14.9 Å². The molecule has 1 aromatic rings. The Kier molecular flexibility index (Phi) is 4.89. The summed E-state index contributed by atoms with van der Waals surface area (Å²) in [5, 5.41) is 9.93. The molecule has 110 valence electrons. The maximum Gasteiger partial charge on any atom is 0.337 e. The highest BCUT2D eigenvalue weighted by Gasteiger charge is 2.27. The Morgan fingerprint density at radius 2 is 2.20 bits per heavy atom. The summed E-state index contributed by atoms with van der Waals surface area (Å²) in [7, 11) is 2.11. The second-order valence-corrected chi connectivity index (χ2v) is 5.72. The van der Waals surface area contributed by atoms with Gasteiger partial charge in [0.2, 0.25) is 0 Å². The van der Waals surface area contributed by atoms with Crippen molar-refractivity contribution in [3.63, 3.8) is 0 Å². The van der Waals surface area contributed by atoms with Gasteiger partial charge in [-0.2, -0.15) is 0 Å². The number of anilines is 1. The summed E-state index contributed by atoms with van der Waals surface area (Å²) < 4.78 is 0. The highest BCUT2D eigenvalue weighted by atomic mass is 35.5. The van der Waals surface area contributed by atoms with E-state index in [1.165, 1.54) is 0 Å². The van der Waals surface area contributed by atoms with Crippen molar-refractivity contribution in [1.29, 1.82) is 0 Å². The van der Waals surface area contributed by atoms with Crippen LogP contribution in [0.5, 0.6) is 0 Å². The van der Waals surface area contributed by atoms with Crippen molar-refractivity contribution in [3.05, 3.63) is 28.8 Å². The lowest BCUT2D eigenvalue weighted by Gasteiger charge is -2.33. The first-order valence-corrected chi connectivity index (χ1v) is 7.39. The largest absolute Gasteiger partial charge is 0.478 e. The normalized spacial score (nSPS) is 20.8. The molecule has 1 heterocycles. The van der Waals surface area contributed by atoms with Crippen LogP contribution >= 0.6 is 11.6 Å². The Bertz CT molecular complexity index is 493. The van der Waals surface area contributed by atoms with E-state index in [0.29, 0.717) is 22.3 Å². The summed E-state index contributed by atoms with van der Waals surface area (Å²) in [4.78, 5) is 15.9. The zero-order valence-corrected chi connectivity index (χ0v) is 12.7. The van der Waals surface area contributed by atoms with E-state index in [4.69, 9.17) is 11.6 Å². The number of carbonyl (C=O) groups is 1. The van der Waals surface area contributed by atoms with Crippen molar-refractivity contribution in [2.24, 2.45) is 0 Å². The Morgan fingerprint density at radius 1 is 1.45 bits per heavy atom. The molecule has 5 heteroatoms. The van der Waals surface area contributed by atoms with E-state index in [9.17, 15) is 9.90 Å². The first-order chi connectivity index (χ1) is 9.54. The molecule has 1 aliphatic heterocycles. The predicted molar refractivity (Wildman–Crippen MR) is 82.0 cm³/mol. The van der Waals surface area contributed by atoms with Crippen molar-refractivity contribution in [1.82, 2.24) is 4.90 Å². The number of carboxylic acids is 1. The molecule has 1 aliphatic rings. The van der Waals surface area contributed by atoms with E-state index in [1.54, 1.807) is 18.2 Å². The molecule has 0 amide bonds. The van der Waals surface area contributed by atoms with E-state index in [1.807, 2.05) is 0 Å². The van der Waals surface area contributed by atoms with E-state index in [-0.39, 0.29) is 0 Å². The predicted octanol–water partition coefficient (Wildman–Crippen LogP) is 2.96. The third-order valence-electron chi connectivity index (χ3n) is 3.88. The fraction of sp³-hybridized carbons (Fsp3) is 0.533. The monoisotopic (exact) mass is 296 g/mol. The summed E-state index contributed by atoms with van der Waals surface area (Å²) in [6, 6.07) is 5.39. The highest BCUT2D eigenvalue weighted by Crippen LogP contribution is 2.33. The average Bonchev–Trinajstić information content (AvgIpc) is 2.59. The lowest BCUT2D eigenvalue weighted by Crippen LogP contribution is -2.40. The fourth-order valence-corrected chi connectivity index (χ4v) is 3.15. The van der Waals surface area contributed by atoms with Gasteiger partial charge in [0.25, 0.3) is 0 Å². The number of likely N-dealkylation sites (N-methyl/N-ethyl adjacent to an activating group) is 1. The van der Waals surface area contributed by atoms with Crippen LogP contribution < -0.4 is 4.90 Å². The number of para-hydroxylation sites is 1. The van der Waals surface area contributed by atoms with Crippen LogP contribution in [-0.2, 0) is 0 Å². The van der Waals surface area contributed by atoms with Crippen molar-refractivity contribution in [2.45, 2.75) is 25.8 Å². The van der Waals surface area contributed by atoms with Gasteiger partial charge in [-0.25, -0.2) is 4.79 Å². The van der Waals surface area contributed by atoms with Gasteiger partial charge in [-0.05, 0) is 38.6 Å². The molecular formula is C15H21ClN2O2. The maximum atomic E-state index is 11.5. The smallest absolute Gasteiger partial charge is 0.337 e. The summed E-state index contributed by atoms with van der Waals surface area (Å²) >= 11 is 6.30. The molecule has 1 aromatic carbocycles. The van der Waals surface area contributed by atoms with Crippen LogP contribution in [0.3, 0.4) is 0 Å². The third kappa shape index (κ3) is 3.07. The minimum absolute atomic E-state index is 0.292. The van der Waals surface area contributed by atoms with E-state index >= 15 is 0 Å². The van der Waals surface area contributed by atoms with Crippen LogP contribution in [0, 0.1) is 0 Å². The number of carboxylic acid groups (broad SMARTS) is 1. The number of nitrogens with zero attached hydrogens (tertiary/aromatic N) is 2. The second-order valence-electron chi connectivity index (χ2n) is 5.31. The minimum atomic E-state index is -0.921. The Labute approximate surface area is 124 Å². The summed E-state index contributed by atoms with van der Waals surface area (Å²) in [6.45, 7) is 4.93. The first-order valence-electron chi connectivity index (χ1n) is 7.01. The van der Waals surface area contributed by atoms with Gasteiger partial charge >= 0.3 is 5.97 Å². The SMILES string of the molecule is CCC1CN(C)CCCN1c1c(Cl)cccc1C(=O)O. The van der Waals surface area contributed by atoms with E-state index < -0.39 is 5.97 Å². The van der Waals surface area contributed by atoms with Crippen molar-refractivity contribution in [3.8, 4) is 0 Å². The fourth-order valence-electron chi connectivity index (χ4n) is 2.87. The standard InChI is InChI=1S/C15H21ClN2O2/c1-3-11-10-17(2)8-5-9-18(11)14-12(15(19)20)6-4-7-13(14)16/h4,6-7,11H,3,5,8-10H2,1-2H3,(H,19,20). The molecule has 0 radical (unpaired) electrons. The first kappa shape index (κ1) is 15.1. The summed E-state index contributed by atoms with van der Waals surface area (Å²) in [5.41, 5.74) is 0.962. The molecule has 1 atom stereocenters. The summed E-state index contributed by atoms with van der Waals surface area (Å²) in [5.74, 6) is -0.921. The molecule has 0 aromatic heterocycles. The highest BCUT2D eigenvalue weighted by molar-refractivity contribution is 6.34. The molecule has 0 bridgehead atoms. The van der Waals surface area contributed by atoms with Crippen LogP contribution in [0.2, 0.25) is 5.02 Å².